The average Bonchev–Trinajstić information content (AvgIpc) is 2.29. The van der Waals surface area contributed by atoms with E-state index in [1.165, 1.54) is 25.1 Å². The minimum Gasteiger partial charge on any atom is -0.492 e. The van der Waals surface area contributed by atoms with E-state index in [0.29, 0.717) is 12.2 Å². The first-order valence-corrected chi connectivity index (χ1v) is 4.92. The third kappa shape index (κ3) is 3.31. The van der Waals surface area contributed by atoms with E-state index in [1.807, 2.05) is 0 Å². The Hall–Kier alpha value is -2.35. The monoisotopic (exact) mass is 233 g/mol. The van der Waals surface area contributed by atoms with Gasteiger partial charge in [0.2, 0.25) is 0 Å². The fourth-order valence-corrected chi connectivity index (χ4v) is 1.25. The number of non-ortho nitro benzene ring substituents is 1. The number of hydrogen-bond donors (Lipinski definition) is 0. The molecule has 0 spiro atoms. The van der Waals surface area contributed by atoms with Crippen LogP contribution in [0.2, 0.25) is 0 Å². The van der Waals surface area contributed by atoms with Crippen LogP contribution in [-0.2, 0) is 0 Å². The second-order valence-electron chi connectivity index (χ2n) is 3.30. The first kappa shape index (κ1) is 12.7. The number of carbonyl (C=O) groups excluding carboxylic acids is 1. The lowest BCUT2D eigenvalue weighted by Gasteiger charge is -2.08. The molecular formula is C12H11NO4. The molecule has 0 saturated carbocycles. The zero-order chi connectivity index (χ0) is 12.8. The Labute approximate surface area is 98.5 Å². The van der Waals surface area contributed by atoms with Crippen molar-refractivity contribution in [2.75, 3.05) is 6.61 Å². The van der Waals surface area contributed by atoms with E-state index in [2.05, 4.69) is 5.92 Å². The van der Waals surface area contributed by atoms with Crippen LogP contribution in [-0.4, -0.2) is 17.3 Å². The Kier molecular flexibility index (Phi) is 4.23. The molecule has 0 N–H and O–H groups in total. The highest BCUT2D eigenvalue weighted by molar-refractivity contribution is 5.97. The standard InChI is InChI=1S/C12H11NO4/c1-3-4-7-17-12-6-5-10(13(15)16)8-11(12)9(2)14/h1,5-6,8H,4,7H2,2H3. The summed E-state index contributed by atoms with van der Waals surface area (Å²) in [5.74, 6) is 2.43. The highest BCUT2D eigenvalue weighted by Crippen LogP contribution is 2.24. The number of carbonyl (C=O) groups is 1. The van der Waals surface area contributed by atoms with Gasteiger partial charge < -0.3 is 4.74 Å². The van der Waals surface area contributed by atoms with Gasteiger partial charge in [-0.05, 0) is 13.0 Å². The fourth-order valence-electron chi connectivity index (χ4n) is 1.25. The number of benzene rings is 1. The van der Waals surface area contributed by atoms with Crippen molar-refractivity contribution < 1.29 is 14.5 Å². The second kappa shape index (κ2) is 5.66. The van der Waals surface area contributed by atoms with Crippen molar-refractivity contribution in [1.82, 2.24) is 0 Å². The van der Waals surface area contributed by atoms with E-state index >= 15 is 0 Å². The average molecular weight is 233 g/mol. The molecule has 0 aliphatic carbocycles. The van der Waals surface area contributed by atoms with Crippen molar-refractivity contribution in [3.63, 3.8) is 0 Å². The summed E-state index contributed by atoms with van der Waals surface area (Å²) in [4.78, 5) is 21.3. The van der Waals surface area contributed by atoms with Crippen LogP contribution in [0.25, 0.3) is 0 Å². The number of nitro benzene ring substituents is 1. The lowest BCUT2D eigenvalue weighted by Crippen LogP contribution is -2.03. The molecule has 88 valence electrons. The molecule has 0 heterocycles. The van der Waals surface area contributed by atoms with Crippen LogP contribution in [0, 0.1) is 22.5 Å². The molecule has 0 aliphatic heterocycles. The van der Waals surface area contributed by atoms with Crippen molar-refractivity contribution in [2.24, 2.45) is 0 Å². The number of ether oxygens (including phenoxy) is 1. The minimum absolute atomic E-state index is 0.139. The summed E-state index contributed by atoms with van der Waals surface area (Å²) < 4.78 is 5.29. The topological polar surface area (TPSA) is 69.4 Å². The van der Waals surface area contributed by atoms with Crippen molar-refractivity contribution in [2.45, 2.75) is 13.3 Å². The molecule has 0 bridgehead atoms. The number of ketones is 1. The first-order valence-electron chi connectivity index (χ1n) is 4.92. The Balaban J connectivity index is 3.01. The number of rotatable bonds is 5. The van der Waals surface area contributed by atoms with Crippen LogP contribution in [0.4, 0.5) is 5.69 Å². The molecule has 0 saturated heterocycles. The van der Waals surface area contributed by atoms with Gasteiger partial charge in [0.25, 0.3) is 5.69 Å². The first-order chi connectivity index (χ1) is 8.06. The number of Topliss-reactive ketones (excluding diaryl/α,β-unsaturated/α-hetero) is 1. The quantitative estimate of drug-likeness (QED) is 0.257. The van der Waals surface area contributed by atoms with Crippen LogP contribution in [0.1, 0.15) is 23.7 Å². The summed E-state index contributed by atoms with van der Waals surface area (Å²) >= 11 is 0. The SMILES string of the molecule is C#CCCOc1ccc([N+](=O)[O-])cc1C(C)=O. The van der Waals surface area contributed by atoms with Gasteiger partial charge in [0.15, 0.2) is 5.78 Å². The van der Waals surface area contributed by atoms with E-state index in [4.69, 9.17) is 11.2 Å². The van der Waals surface area contributed by atoms with E-state index in [-0.39, 0.29) is 23.6 Å². The van der Waals surface area contributed by atoms with E-state index < -0.39 is 4.92 Å². The van der Waals surface area contributed by atoms with Gasteiger partial charge in [-0.25, -0.2) is 0 Å². The van der Waals surface area contributed by atoms with E-state index in [0.717, 1.165) is 0 Å². The number of hydrogen-bond acceptors (Lipinski definition) is 4. The Morgan fingerprint density at radius 1 is 1.59 bits per heavy atom. The van der Waals surface area contributed by atoms with Crippen LogP contribution in [0.15, 0.2) is 18.2 Å². The molecule has 0 radical (unpaired) electrons. The summed E-state index contributed by atoms with van der Waals surface area (Å²) in [6.45, 7) is 1.60. The molecule has 1 aromatic rings. The zero-order valence-electron chi connectivity index (χ0n) is 9.30. The van der Waals surface area contributed by atoms with E-state index in [9.17, 15) is 14.9 Å². The number of nitrogens with zero attached hydrogens (tertiary/aromatic N) is 1. The van der Waals surface area contributed by atoms with Gasteiger partial charge in [0.05, 0.1) is 17.1 Å². The van der Waals surface area contributed by atoms with Crippen molar-refractivity contribution >= 4 is 11.5 Å². The van der Waals surface area contributed by atoms with E-state index in [1.54, 1.807) is 0 Å². The van der Waals surface area contributed by atoms with Gasteiger partial charge in [-0.2, -0.15) is 0 Å². The van der Waals surface area contributed by atoms with Gasteiger partial charge in [0.1, 0.15) is 5.75 Å². The summed E-state index contributed by atoms with van der Waals surface area (Å²) in [5, 5.41) is 10.6. The maximum absolute atomic E-state index is 11.3. The van der Waals surface area contributed by atoms with Crippen molar-refractivity contribution in [3.8, 4) is 18.1 Å². The molecule has 0 amide bonds. The molecule has 0 atom stereocenters. The largest absolute Gasteiger partial charge is 0.492 e. The summed E-state index contributed by atoms with van der Waals surface area (Å²) in [6, 6.07) is 3.90. The van der Waals surface area contributed by atoms with Crippen molar-refractivity contribution in [3.05, 3.63) is 33.9 Å². The third-order valence-electron chi connectivity index (χ3n) is 2.06. The van der Waals surface area contributed by atoms with Gasteiger partial charge in [0, 0.05) is 18.6 Å². The van der Waals surface area contributed by atoms with Crippen LogP contribution < -0.4 is 4.74 Å². The molecule has 17 heavy (non-hydrogen) atoms. The number of nitro groups is 1. The smallest absolute Gasteiger partial charge is 0.270 e. The number of terminal acetylenes is 1. The highest BCUT2D eigenvalue weighted by Gasteiger charge is 2.14. The Morgan fingerprint density at radius 2 is 2.29 bits per heavy atom. The lowest BCUT2D eigenvalue weighted by atomic mass is 10.1. The summed E-state index contributed by atoms with van der Waals surface area (Å²) in [6.07, 6.45) is 5.48. The van der Waals surface area contributed by atoms with Crippen LogP contribution in [0.3, 0.4) is 0 Å². The third-order valence-corrected chi connectivity index (χ3v) is 2.06. The molecule has 5 heteroatoms. The van der Waals surface area contributed by atoms with Gasteiger partial charge in [-0.15, -0.1) is 12.3 Å². The highest BCUT2D eigenvalue weighted by atomic mass is 16.6. The minimum atomic E-state index is -0.558. The molecule has 1 rings (SSSR count). The Morgan fingerprint density at radius 3 is 2.82 bits per heavy atom. The van der Waals surface area contributed by atoms with Crippen LogP contribution in [0.5, 0.6) is 5.75 Å². The normalized spacial score (nSPS) is 9.41. The maximum Gasteiger partial charge on any atom is 0.270 e. The van der Waals surface area contributed by atoms with Gasteiger partial charge in [-0.3, -0.25) is 14.9 Å². The predicted octanol–water partition coefficient (Wildman–Crippen LogP) is 2.20. The van der Waals surface area contributed by atoms with Gasteiger partial charge >= 0.3 is 0 Å². The molecule has 0 aromatic heterocycles. The molecule has 1 aromatic carbocycles. The predicted molar refractivity (Wildman–Crippen MR) is 62.0 cm³/mol. The molecule has 0 unspecified atom stereocenters. The molecule has 0 aliphatic rings. The van der Waals surface area contributed by atoms with Crippen LogP contribution >= 0.6 is 0 Å². The lowest BCUT2D eigenvalue weighted by molar-refractivity contribution is -0.384. The second-order valence-corrected chi connectivity index (χ2v) is 3.30. The molecule has 0 fully saturated rings. The summed E-state index contributed by atoms with van der Waals surface area (Å²) in [5.41, 5.74) is 0.0516. The molecule has 5 nitrogen and oxygen atoms in total. The van der Waals surface area contributed by atoms with Gasteiger partial charge in [-0.1, -0.05) is 0 Å². The summed E-state index contributed by atoms with van der Waals surface area (Å²) in [7, 11) is 0. The zero-order valence-corrected chi connectivity index (χ0v) is 9.30. The van der Waals surface area contributed by atoms with Crippen molar-refractivity contribution in [1.29, 1.82) is 0 Å². The maximum atomic E-state index is 11.3. The molecular weight excluding hydrogens is 222 g/mol. The fraction of sp³-hybridized carbons (Fsp3) is 0.250. The Bertz CT molecular complexity index is 488.